The maximum Gasteiger partial charge on any atom is 0.275 e. The van der Waals surface area contributed by atoms with E-state index in [1.54, 1.807) is 6.07 Å². The molecule has 6 nitrogen and oxygen atoms in total. The predicted molar refractivity (Wildman–Crippen MR) is 83.9 cm³/mol. The Bertz CT molecular complexity index is 676. The van der Waals surface area contributed by atoms with Crippen LogP contribution in [0.4, 0.5) is 0 Å². The first-order valence-corrected chi connectivity index (χ1v) is 8.36. The van der Waals surface area contributed by atoms with Gasteiger partial charge in [0.1, 0.15) is 5.01 Å². The Morgan fingerprint density at radius 1 is 1.48 bits per heavy atom. The summed E-state index contributed by atoms with van der Waals surface area (Å²) in [5.74, 6) is 0. The molecular formula is C14H21N5OS. The smallest absolute Gasteiger partial charge is 0.275 e. The summed E-state index contributed by atoms with van der Waals surface area (Å²) in [4.78, 5) is 19.9. The maximum absolute atomic E-state index is 12.2. The van der Waals surface area contributed by atoms with E-state index in [-0.39, 0.29) is 5.56 Å². The summed E-state index contributed by atoms with van der Waals surface area (Å²) in [7, 11) is 0. The largest absolute Gasteiger partial charge is 0.314 e. The van der Waals surface area contributed by atoms with Gasteiger partial charge in [-0.3, -0.25) is 9.69 Å². The standard InChI is InChI=1S/C14H21N5OS/c1-3-5-18(11-7-15-8-11)9-10-6-13(20)19-14(16-10)21-12(4-2)17-19/h6,11,15H,3-5,7-9H2,1-2H3. The lowest BCUT2D eigenvalue weighted by Crippen LogP contribution is -2.57. The lowest BCUT2D eigenvalue weighted by molar-refractivity contribution is 0.136. The van der Waals surface area contributed by atoms with Crippen molar-refractivity contribution in [2.24, 2.45) is 0 Å². The van der Waals surface area contributed by atoms with Gasteiger partial charge in [-0.25, -0.2) is 4.98 Å². The van der Waals surface area contributed by atoms with E-state index in [0.29, 0.717) is 11.0 Å². The third kappa shape index (κ3) is 3.00. The first-order valence-electron chi connectivity index (χ1n) is 7.54. The molecule has 0 saturated carbocycles. The minimum atomic E-state index is -0.0749. The van der Waals surface area contributed by atoms with Crippen molar-refractivity contribution in [1.29, 1.82) is 0 Å². The second kappa shape index (κ2) is 6.21. The van der Waals surface area contributed by atoms with Crippen LogP contribution >= 0.6 is 11.3 Å². The molecule has 114 valence electrons. The Morgan fingerprint density at radius 3 is 2.90 bits per heavy atom. The normalized spacial score (nSPS) is 15.8. The average Bonchev–Trinajstić information content (AvgIpc) is 2.80. The maximum atomic E-state index is 12.2. The van der Waals surface area contributed by atoms with Gasteiger partial charge in [0.2, 0.25) is 4.96 Å². The Balaban J connectivity index is 1.86. The van der Waals surface area contributed by atoms with Crippen molar-refractivity contribution in [3.05, 3.63) is 27.1 Å². The van der Waals surface area contributed by atoms with E-state index < -0.39 is 0 Å². The van der Waals surface area contributed by atoms with Crippen molar-refractivity contribution in [3.63, 3.8) is 0 Å². The molecule has 1 fully saturated rings. The Hall–Kier alpha value is -1.31. The van der Waals surface area contributed by atoms with E-state index in [1.165, 1.54) is 15.9 Å². The highest BCUT2D eigenvalue weighted by Crippen LogP contribution is 2.14. The first-order chi connectivity index (χ1) is 10.2. The van der Waals surface area contributed by atoms with Crippen LogP contribution in [0.15, 0.2) is 10.9 Å². The van der Waals surface area contributed by atoms with E-state index in [9.17, 15) is 4.79 Å². The van der Waals surface area contributed by atoms with Gasteiger partial charge in [0.15, 0.2) is 0 Å². The molecule has 1 aliphatic rings. The molecule has 0 aromatic carbocycles. The van der Waals surface area contributed by atoms with E-state index in [1.807, 2.05) is 6.92 Å². The van der Waals surface area contributed by atoms with Gasteiger partial charge in [-0.2, -0.15) is 9.61 Å². The van der Waals surface area contributed by atoms with Gasteiger partial charge in [0.25, 0.3) is 5.56 Å². The fraction of sp³-hybridized carbons (Fsp3) is 0.643. The summed E-state index contributed by atoms with van der Waals surface area (Å²) in [6.07, 6.45) is 1.94. The van der Waals surface area contributed by atoms with E-state index in [0.717, 1.165) is 49.7 Å². The quantitative estimate of drug-likeness (QED) is 0.859. The second-order valence-electron chi connectivity index (χ2n) is 5.41. The van der Waals surface area contributed by atoms with Crippen LogP contribution in [0.1, 0.15) is 31.0 Å². The van der Waals surface area contributed by atoms with E-state index in [4.69, 9.17) is 0 Å². The molecule has 0 radical (unpaired) electrons. The molecule has 0 aliphatic carbocycles. The monoisotopic (exact) mass is 307 g/mol. The van der Waals surface area contributed by atoms with Crippen molar-refractivity contribution in [2.45, 2.75) is 39.3 Å². The summed E-state index contributed by atoms with van der Waals surface area (Å²) >= 11 is 1.50. The molecule has 21 heavy (non-hydrogen) atoms. The van der Waals surface area contributed by atoms with Crippen LogP contribution in [-0.4, -0.2) is 45.2 Å². The van der Waals surface area contributed by atoms with E-state index >= 15 is 0 Å². The number of hydrogen-bond donors (Lipinski definition) is 1. The molecule has 1 aliphatic heterocycles. The number of hydrogen-bond acceptors (Lipinski definition) is 6. The molecule has 0 amide bonds. The van der Waals surface area contributed by atoms with Crippen molar-refractivity contribution in [1.82, 2.24) is 24.8 Å². The third-order valence-electron chi connectivity index (χ3n) is 3.79. The summed E-state index contributed by atoms with van der Waals surface area (Å²) in [6, 6.07) is 2.19. The highest BCUT2D eigenvalue weighted by atomic mass is 32.1. The van der Waals surface area contributed by atoms with Crippen LogP contribution in [0, 0.1) is 0 Å². The van der Waals surface area contributed by atoms with E-state index in [2.05, 4.69) is 27.2 Å². The second-order valence-corrected chi connectivity index (χ2v) is 6.45. The zero-order valence-electron chi connectivity index (χ0n) is 12.5. The zero-order valence-corrected chi connectivity index (χ0v) is 13.3. The molecule has 1 N–H and O–H groups in total. The predicted octanol–water partition coefficient (Wildman–Crippen LogP) is 0.897. The number of nitrogens with one attached hydrogen (secondary N) is 1. The highest BCUT2D eigenvalue weighted by molar-refractivity contribution is 7.16. The topological polar surface area (TPSA) is 62.5 Å². The molecule has 0 spiro atoms. The lowest BCUT2D eigenvalue weighted by Gasteiger charge is -2.37. The SMILES string of the molecule is CCCN(Cc1cc(=O)n2nc(CC)sc2n1)C1CNC1. The Labute approximate surface area is 127 Å². The number of fused-ring (bicyclic) bond motifs is 1. The fourth-order valence-corrected chi connectivity index (χ4v) is 3.40. The van der Waals surface area contributed by atoms with Crippen LogP contribution in [-0.2, 0) is 13.0 Å². The molecule has 3 heterocycles. The van der Waals surface area contributed by atoms with Gasteiger partial charge in [-0.1, -0.05) is 25.2 Å². The van der Waals surface area contributed by atoms with Gasteiger partial charge >= 0.3 is 0 Å². The Kier molecular flexibility index (Phi) is 4.32. The van der Waals surface area contributed by atoms with Gasteiger partial charge in [-0.05, 0) is 19.4 Å². The minimum absolute atomic E-state index is 0.0749. The molecule has 7 heteroatoms. The first kappa shape index (κ1) is 14.6. The summed E-state index contributed by atoms with van der Waals surface area (Å²) in [5.41, 5.74) is 0.779. The summed E-state index contributed by atoms with van der Waals surface area (Å²) in [5, 5.41) is 8.54. The fourth-order valence-electron chi connectivity index (χ4n) is 2.54. The number of rotatable bonds is 6. The number of aromatic nitrogens is 3. The molecule has 2 aromatic heterocycles. The average molecular weight is 307 g/mol. The van der Waals surface area contributed by atoms with Gasteiger partial charge in [0, 0.05) is 31.7 Å². The minimum Gasteiger partial charge on any atom is -0.314 e. The van der Waals surface area contributed by atoms with Crippen LogP contribution < -0.4 is 10.9 Å². The van der Waals surface area contributed by atoms with Gasteiger partial charge in [0.05, 0.1) is 5.69 Å². The van der Waals surface area contributed by atoms with Crippen LogP contribution in [0.2, 0.25) is 0 Å². The van der Waals surface area contributed by atoms with Crippen molar-refractivity contribution in [3.8, 4) is 0 Å². The molecule has 2 aromatic rings. The molecule has 0 atom stereocenters. The lowest BCUT2D eigenvalue weighted by atomic mass is 10.1. The zero-order chi connectivity index (χ0) is 14.8. The molecular weight excluding hydrogens is 286 g/mol. The third-order valence-corrected chi connectivity index (χ3v) is 4.85. The molecule has 0 bridgehead atoms. The van der Waals surface area contributed by atoms with Crippen LogP contribution in [0.5, 0.6) is 0 Å². The number of nitrogens with zero attached hydrogens (tertiary/aromatic N) is 4. The Morgan fingerprint density at radius 2 is 2.29 bits per heavy atom. The van der Waals surface area contributed by atoms with Crippen molar-refractivity contribution in [2.75, 3.05) is 19.6 Å². The highest BCUT2D eigenvalue weighted by Gasteiger charge is 2.24. The van der Waals surface area contributed by atoms with Gasteiger partial charge in [-0.15, -0.1) is 0 Å². The van der Waals surface area contributed by atoms with Crippen molar-refractivity contribution >= 4 is 16.3 Å². The van der Waals surface area contributed by atoms with Crippen molar-refractivity contribution < 1.29 is 0 Å². The van der Waals surface area contributed by atoms with Crippen LogP contribution in [0.3, 0.4) is 0 Å². The van der Waals surface area contributed by atoms with Crippen LogP contribution in [0.25, 0.3) is 4.96 Å². The number of aryl methyl sites for hydroxylation is 1. The molecule has 0 unspecified atom stereocenters. The molecule has 3 rings (SSSR count). The summed E-state index contributed by atoms with van der Waals surface area (Å²) < 4.78 is 1.42. The summed E-state index contributed by atoms with van der Waals surface area (Å²) in [6.45, 7) is 8.06. The molecule has 1 saturated heterocycles. The van der Waals surface area contributed by atoms with Gasteiger partial charge < -0.3 is 5.32 Å².